The number of imidazole rings is 1. The summed E-state index contributed by atoms with van der Waals surface area (Å²) in [5.74, 6) is 1.15. The highest BCUT2D eigenvalue weighted by Gasteiger charge is 2.43. The lowest BCUT2D eigenvalue weighted by Crippen LogP contribution is -2.34. The second kappa shape index (κ2) is 11.5. The average Bonchev–Trinajstić information content (AvgIpc) is 3.74. The van der Waals surface area contributed by atoms with Crippen molar-refractivity contribution < 1.29 is 23.8 Å². The predicted octanol–water partition coefficient (Wildman–Crippen LogP) is 5.38. The van der Waals surface area contributed by atoms with Gasteiger partial charge >= 0.3 is 0 Å². The molecule has 230 valence electrons. The van der Waals surface area contributed by atoms with Crippen molar-refractivity contribution >= 4 is 28.6 Å². The molecular formula is C32H34ClFN6O4. The van der Waals surface area contributed by atoms with Crippen LogP contribution in [-0.4, -0.2) is 56.8 Å². The maximum absolute atomic E-state index is 14.8. The highest BCUT2D eigenvalue weighted by molar-refractivity contribution is 6.30. The first-order valence-corrected chi connectivity index (χ1v) is 15.3. The van der Waals surface area contributed by atoms with E-state index in [2.05, 4.69) is 25.7 Å². The minimum atomic E-state index is -1.28. The summed E-state index contributed by atoms with van der Waals surface area (Å²) in [7, 11) is 0. The fraction of sp³-hybridized carbons (Fsp3) is 0.406. The summed E-state index contributed by atoms with van der Waals surface area (Å²) in [4.78, 5) is 12.0. The number of halogens is 2. The van der Waals surface area contributed by atoms with Crippen molar-refractivity contribution in [3.05, 3.63) is 82.0 Å². The highest BCUT2D eigenvalue weighted by atomic mass is 35.5. The van der Waals surface area contributed by atoms with Crippen LogP contribution < -0.4 is 15.2 Å². The molecule has 44 heavy (non-hydrogen) atoms. The van der Waals surface area contributed by atoms with Crippen molar-refractivity contribution in [3.63, 3.8) is 0 Å². The average molecular weight is 621 g/mol. The van der Waals surface area contributed by atoms with Gasteiger partial charge in [0.25, 0.3) is 5.79 Å². The molecule has 10 nitrogen and oxygen atoms in total. The van der Waals surface area contributed by atoms with Crippen molar-refractivity contribution in [2.45, 2.75) is 51.0 Å². The van der Waals surface area contributed by atoms with Crippen molar-refractivity contribution in [1.29, 1.82) is 0 Å². The van der Waals surface area contributed by atoms with Crippen LogP contribution in [0.3, 0.4) is 0 Å². The van der Waals surface area contributed by atoms with Crippen LogP contribution in [0.15, 0.2) is 53.8 Å². The van der Waals surface area contributed by atoms with E-state index in [4.69, 9.17) is 41.7 Å². The zero-order chi connectivity index (χ0) is 30.4. The normalized spacial score (nSPS) is 22.7. The molecule has 0 radical (unpaired) electrons. The maximum atomic E-state index is 14.8. The lowest BCUT2D eigenvalue weighted by molar-refractivity contribution is -0.0712. The Bertz CT molecular complexity index is 1730. The third-order valence-corrected chi connectivity index (χ3v) is 9.19. The van der Waals surface area contributed by atoms with Gasteiger partial charge in [-0.05, 0) is 68.6 Å². The molecular weight excluding hydrogens is 587 g/mol. The van der Waals surface area contributed by atoms with Gasteiger partial charge in [0.05, 0.1) is 18.7 Å². The number of hydrogen-bond donors (Lipinski definition) is 2. The first-order chi connectivity index (χ1) is 21.3. The van der Waals surface area contributed by atoms with Gasteiger partial charge in [-0.1, -0.05) is 28.9 Å². The van der Waals surface area contributed by atoms with E-state index in [0.29, 0.717) is 40.1 Å². The predicted molar refractivity (Wildman–Crippen MR) is 163 cm³/mol. The third kappa shape index (κ3) is 5.33. The molecule has 0 amide bonds. The number of ether oxygens (including phenoxy) is 3. The molecule has 3 aliphatic heterocycles. The molecule has 0 aliphatic carbocycles. The van der Waals surface area contributed by atoms with E-state index in [1.54, 1.807) is 25.3 Å². The zero-order valence-corrected chi connectivity index (χ0v) is 25.1. The molecule has 2 saturated heterocycles. The Balaban J connectivity index is 1.08. The Hall–Kier alpha value is -3.93. The molecule has 0 bridgehead atoms. The smallest absolute Gasteiger partial charge is 0.278 e. The van der Waals surface area contributed by atoms with Gasteiger partial charge in [0.1, 0.15) is 17.2 Å². The van der Waals surface area contributed by atoms with Gasteiger partial charge in [-0.3, -0.25) is 4.90 Å². The van der Waals surface area contributed by atoms with Crippen molar-refractivity contribution in [1.82, 2.24) is 19.4 Å². The molecule has 7 rings (SSSR count). The number of aromatic nitrogens is 3. The number of rotatable bonds is 7. The summed E-state index contributed by atoms with van der Waals surface area (Å²) in [6.45, 7) is 6.43. The molecule has 2 atom stereocenters. The topological polar surface area (TPSA) is 120 Å². The second-order valence-electron chi connectivity index (χ2n) is 11.9. The summed E-state index contributed by atoms with van der Waals surface area (Å²) in [5, 5.41) is 12.6. The maximum Gasteiger partial charge on any atom is 0.278 e. The Morgan fingerprint density at radius 1 is 1.18 bits per heavy atom. The van der Waals surface area contributed by atoms with Crippen LogP contribution in [0.25, 0.3) is 11.2 Å². The number of nitrogens with two attached hydrogens (primary N) is 1. The molecule has 4 aromatic rings. The second-order valence-corrected chi connectivity index (χ2v) is 12.4. The number of fused-ring (bicyclic) bond motifs is 2. The Morgan fingerprint density at radius 2 is 2.02 bits per heavy atom. The molecule has 1 unspecified atom stereocenters. The van der Waals surface area contributed by atoms with Crippen molar-refractivity contribution in [2.24, 2.45) is 16.8 Å². The van der Waals surface area contributed by atoms with Crippen LogP contribution in [-0.2, 0) is 23.6 Å². The molecule has 2 aromatic heterocycles. The van der Waals surface area contributed by atoms with Crippen LogP contribution in [0.2, 0.25) is 5.02 Å². The number of piperidine rings is 1. The van der Waals surface area contributed by atoms with Crippen molar-refractivity contribution in [3.8, 4) is 11.5 Å². The number of likely N-dealkylation sites (tertiary alicyclic amines) is 1. The Morgan fingerprint density at radius 3 is 2.77 bits per heavy atom. The van der Waals surface area contributed by atoms with E-state index >= 15 is 0 Å². The number of hydrogen-bond acceptors (Lipinski definition) is 8. The first kappa shape index (κ1) is 28.8. The molecule has 0 saturated carbocycles. The summed E-state index contributed by atoms with van der Waals surface area (Å²) in [5.41, 5.74) is 9.24. The van der Waals surface area contributed by atoms with Crippen molar-refractivity contribution in [2.75, 3.05) is 26.3 Å². The number of benzene rings is 2. The van der Waals surface area contributed by atoms with E-state index in [9.17, 15) is 4.39 Å². The van der Waals surface area contributed by atoms with Gasteiger partial charge in [0, 0.05) is 48.3 Å². The van der Waals surface area contributed by atoms with Gasteiger partial charge < -0.3 is 29.7 Å². The summed E-state index contributed by atoms with van der Waals surface area (Å²) < 4.78 is 35.2. The molecule has 3 aliphatic rings. The first-order valence-electron chi connectivity index (χ1n) is 14.9. The molecule has 2 fully saturated rings. The largest absolute Gasteiger partial charge is 0.444 e. The number of pyridine rings is 1. The van der Waals surface area contributed by atoms with Crippen LogP contribution in [0.1, 0.15) is 54.6 Å². The fourth-order valence-corrected chi connectivity index (χ4v) is 6.75. The quantitative estimate of drug-likeness (QED) is 0.122. The summed E-state index contributed by atoms with van der Waals surface area (Å²) >= 11 is 5.98. The lowest BCUT2D eigenvalue weighted by Gasteiger charge is -2.32. The summed E-state index contributed by atoms with van der Waals surface area (Å²) in [6.07, 6.45) is 4.47. The van der Waals surface area contributed by atoms with Crippen LogP contribution in [0.4, 0.5) is 4.39 Å². The van der Waals surface area contributed by atoms with E-state index in [0.717, 1.165) is 74.7 Å². The number of oxime groups is 1. The zero-order valence-electron chi connectivity index (χ0n) is 24.4. The third-order valence-electron chi connectivity index (χ3n) is 8.96. The molecule has 3 N–H and O–H groups in total. The van der Waals surface area contributed by atoms with Gasteiger partial charge in [-0.2, -0.15) is 0 Å². The highest BCUT2D eigenvalue weighted by Crippen LogP contribution is 2.49. The molecule has 5 heterocycles. The molecule has 2 aromatic carbocycles. The lowest BCUT2D eigenvalue weighted by atomic mass is 9.88. The van der Waals surface area contributed by atoms with E-state index in [1.165, 1.54) is 6.07 Å². The van der Waals surface area contributed by atoms with Crippen LogP contribution in [0.5, 0.6) is 11.5 Å². The minimum Gasteiger partial charge on any atom is -0.444 e. The SMILES string of the molecule is CC1(c2ccc(Cl)cc2F)Oc2cccc(C3CCN(Cc4nc5cc(/C(N)=N/O)cnc5n4C[C@H]4CCOC4)CC3)c2O1. The Kier molecular flexibility index (Phi) is 7.55. The summed E-state index contributed by atoms with van der Waals surface area (Å²) in [6, 6.07) is 12.3. The van der Waals surface area contributed by atoms with Crippen LogP contribution >= 0.6 is 11.6 Å². The van der Waals surface area contributed by atoms with Gasteiger partial charge in [0.15, 0.2) is 23.0 Å². The fourth-order valence-electron chi connectivity index (χ4n) is 6.59. The monoisotopic (exact) mass is 620 g/mol. The minimum absolute atomic E-state index is 0.00200. The van der Waals surface area contributed by atoms with E-state index < -0.39 is 11.6 Å². The molecule has 12 heteroatoms. The Labute approximate surface area is 259 Å². The molecule has 0 spiro atoms. The number of nitrogens with zero attached hydrogens (tertiary/aromatic N) is 5. The van der Waals surface area contributed by atoms with Gasteiger partial charge in [-0.25, -0.2) is 14.4 Å². The van der Waals surface area contributed by atoms with Gasteiger partial charge in [0.2, 0.25) is 0 Å². The van der Waals surface area contributed by atoms with E-state index in [1.807, 2.05) is 18.2 Å². The number of para-hydroxylation sites is 1. The number of amidine groups is 1. The standard InChI is InChI=1S/C32H34ClFN6O4/c1-32(24-6-5-22(33)14-25(24)34)43-27-4-2-3-23(29(27)44-32)20-7-10-39(11-8-20)17-28-37-26-13-21(30(35)38-41)15-36-31(26)40(28)16-19-9-12-42-18-19/h2-6,13-15,19-20,41H,7-12,16-18H2,1H3,(H2,35,38)/t19-,32?/m1/s1. The van der Waals surface area contributed by atoms with Gasteiger partial charge in [-0.15, -0.1) is 0 Å². The van der Waals surface area contributed by atoms with E-state index in [-0.39, 0.29) is 11.8 Å². The van der Waals surface area contributed by atoms with Crippen LogP contribution in [0, 0.1) is 11.7 Å².